The number of carboxylic acids is 1. The lowest BCUT2D eigenvalue weighted by Gasteiger charge is -2.05. The van der Waals surface area contributed by atoms with Crippen molar-refractivity contribution < 1.29 is 14.6 Å². The van der Waals surface area contributed by atoms with E-state index in [-0.39, 0.29) is 5.69 Å². The van der Waals surface area contributed by atoms with Gasteiger partial charge in [-0.05, 0) is 30.3 Å². The summed E-state index contributed by atoms with van der Waals surface area (Å²) in [6, 6.07) is 9.72. The molecule has 1 heterocycles. The Morgan fingerprint density at radius 2 is 1.88 bits per heavy atom. The number of halogens is 1. The van der Waals surface area contributed by atoms with E-state index >= 15 is 0 Å². The molecule has 0 aliphatic rings. The Hall–Kier alpha value is -2.07. The lowest BCUT2D eigenvalue weighted by Crippen LogP contribution is -1.99. The quantitative estimate of drug-likeness (QED) is 0.907. The molecule has 4 nitrogen and oxygen atoms in total. The van der Waals surface area contributed by atoms with E-state index in [2.05, 4.69) is 4.98 Å². The van der Waals surface area contributed by atoms with Crippen LogP contribution >= 0.6 is 11.6 Å². The average Bonchev–Trinajstić information content (AvgIpc) is 2.32. The van der Waals surface area contributed by atoms with E-state index in [1.54, 1.807) is 30.3 Å². The standard InChI is InChI=1S/C12H8ClNO3/c13-8-1-3-9(4-2-8)17-10-5-6-14-11(7-10)12(15)16/h1-7H,(H,15,16). The van der Waals surface area contributed by atoms with E-state index in [0.717, 1.165) is 0 Å². The number of hydrogen-bond acceptors (Lipinski definition) is 3. The third kappa shape index (κ3) is 2.95. The molecule has 0 radical (unpaired) electrons. The maximum atomic E-state index is 10.7. The first kappa shape index (κ1) is 11.4. The molecule has 17 heavy (non-hydrogen) atoms. The zero-order chi connectivity index (χ0) is 12.3. The molecular weight excluding hydrogens is 242 g/mol. The Morgan fingerprint density at radius 1 is 1.18 bits per heavy atom. The van der Waals surface area contributed by atoms with E-state index in [0.29, 0.717) is 16.5 Å². The number of pyridine rings is 1. The zero-order valence-corrected chi connectivity index (χ0v) is 9.39. The molecule has 0 bridgehead atoms. The van der Waals surface area contributed by atoms with Crippen LogP contribution in [0.4, 0.5) is 0 Å². The van der Waals surface area contributed by atoms with Crippen LogP contribution in [-0.4, -0.2) is 16.1 Å². The largest absolute Gasteiger partial charge is 0.477 e. The fourth-order valence-electron chi connectivity index (χ4n) is 1.23. The molecule has 1 aromatic heterocycles. The average molecular weight is 250 g/mol. The molecule has 1 aromatic carbocycles. The predicted octanol–water partition coefficient (Wildman–Crippen LogP) is 3.23. The molecule has 2 aromatic rings. The van der Waals surface area contributed by atoms with E-state index < -0.39 is 5.97 Å². The van der Waals surface area contributed by atoms with Crippen LogP contribution in [0.15, 0.2) is 42.6 Å². The molecule has 5 heteroatoms. The lowest BCUT2D eigenvalue weighted by molar-refractivity contribution is 0.0690. The Kier molecular flexibility index (Phi) is 3.25. The summed E-state index contributed by atoms with van der Waals surface area (Å²) in [7, 11) is 0. The molecular formula is C12H8ClNO3. The molecule has 0 saturated carbocycles. The number of nitrogens with zero attached hydrogens (tertiary/aromatic N) is 1. The van der Waals surface area contributed by atoms with Gasteiger partial charge in [0.1, 0.15) is 11.5 Å². The third-order valence-corrected chi connectivity index (χ3v) is 2.25. The summed E-state index contributed by atoms with van der Waals surface area (Å²) in [5.74, 6) is -0.0942. The number of carboxylic acid groups (broad SMARTS) is 1. The van der Waals surface area contributed by atoms with Gasteiger partial charge in [-0.15, -0.1) is 0 Å². The van der Waals surface area contributed by atoms with E-state index in [9.17, 15) is 4.79 Å². The van der Waals surface area contributed by atoms with Gasteiger partial charge in [-0.1, -0.05) is 11.6 Å². The Bertz CT molecular complexity index is 540. The van der Waals surface area contributed by atoms with Gasteiger partial charge in [0.25, 0.3) is 0 Å². The molecule has 0 saturated heterocycles. The third-order valence-electron chi connectivity index (χ3n) is 2.00. The Labute approximate surface area is 102 Å². The SMILES string of the molecule is O=C(O)c1cc(Oc2ccc(Cl)cc2)ccn1. The highest BCUT2D eigenvalue weighted by molar-refractivity contribution is 6.30. The maximum absolute atomic E-state index is 10.7. The van der Waals surface area contributed by atoms with Crippen molar-refractivity contribution in [2.75, 3.05) is 0 Å². The molecule has 0 spiro atoms. The van der Waals surface area contributed by atoms with Crippen LogP contribution in [-0.2, 0) is 0 Å². The van der Waals surface area contributed by atoms with Crippen LogP contribution in [0.5, 0.6) is 11.5 Å². The van der Waals surface area contributed by atoms with Gasteiger partial charge in [0.15, 0.2) is 5.69 Å². The molecule has 86 valence electrons. The minimum atomic E-state index is -1.09. The van der Waals surface area contributed by atoms with Crippen LogP contribution in [0.1, 0.15) is 10.5 Å². The summed E-state index contributed by atoms with van der Waals surface area (Å²) in [5, 5.41) is 9.39. The topological polar surface area (TPSA) is 59.4 Å². The van der Waals surface area contributed by atoms with Crippen LogP contribution in [0.25, 0.3) is 0 Å². The molecule has 0 atom stereocenters. The highest BCUT2D eigenvalue weighted by Gasteiger charge is 2.06. The molecule has 1 N–H and O–H groups in total. The first-order chi connectivity index (χ1) is 8.15. The van der Waals surface area contributed by atoms with Crippen molar-refractivity contribution in [2.45, 2.75) is 0 Å². The van der Waals surface area contributed by atoms with Crippen LogP contribution in [0.2, 0.25) is 5.02 Å². The summed E-state index contributed by atoms with van der Waals surface area (Å²) >= 11 is 5.74. The van der Waals surface area contributed by atoms with Gasteiger partial charge in [0.05, 0.1) is 0 Å². The van der Waals surface area contributed by atoms with E-state index in [1.807, 2.05) is 0 Å². The number of hydrogen-bond donors (Lipinski definition) is 1. The smallest absolute Gasteiger partial charge is 0.354 e. The van der Waals surface area contributed by atoms with Crippen LogP contribution < -0.4 is 4.74 Å². The number of ether oxygens (including phenoxy) is 1. The fourth-order valence-corrected chi connectivity index (χ4v) is 1.36. The minimum Gasteiger partial charge on any atom is -0.477 e. The zero-order valence-electron chi connectivity index (χ0n) is 8.63. The highest BCUT2D eigenvalue weighted by Crippen LogP contribution is 2.22. The van der Waals surface area contributed by atoms with Crippen LogP contribution in [0, 0.1) is 0 Å². The maximum Gasteiger partial charge on any atom is 0.354 e. The van der Waals surface area contributed by atoms with Crippen molar-refractivity contribution in [3.8, 4) is 11.5 Å². The molecule has 0 fully saturated rings. The Balaban J connectivity index is 2.21. The number of aromatic nitrogens is 1. The molecule has 2 rings (SSSR count). The first-order valence-electron chi connectivity index (χ1n) is 4.78. The number of carbonyl (C=O) groups is 1. The van der Waals surface area contributed by atoms with Crippen molar-refractivity contribution in [3.05, 3.63) is 53.3 Å². The highest BCUT2D eigenvalue weighted by atomic mass is 35.5. The summed E-state index contributed by atoms with van der Waals surface area (Å²) in [4.78, 5) is 14.4. The summed E-state index contributed by atoms with van der Waals surface area (Å²) in [6.07, 6.45) is 1.38. The second-order valence-corrected chi connectivity index (χ2v) is 3.67. The van der Waals surface area contributed by atoms with Crippen molar-refractivity contribution >= 4 is 17.6 Å². The molecule has 0 aliphatic heterocycles. The fraction of sp³-hybridized carbons (Fsp3) is 0. The van der Waals surface area contributed by atoms with Gasteiger partial charge in [-0.25, -0.2) is 9.78 Å². The van der Waals surface area contributed by atoms with E-state index in [1.165, 1.54) is 12.3 Å². The number of benzene rings is 1. The van der Waals surface area contributed by atoms with E-state index in [4.69, 9.17) is 21.4 Å². The van der Waals surface area contributed by atoms with Crippen LogP contribution in [0.3, 0.4) is 0 Å². The normalized spacial score (nSPS) is 9.94. The monoisotopic (exact) mass is 249 g/mol. The number of aromatic carboxylic acids is 1. The summed E-state index contributed by atoms with van der Waals surface area (Å²) in [5.41, 5.74) is -0.0588. The molecule has 0 aliphatic carbocycles. The Morgan fingerprint density at radius 3 is 2.53 bits per heavy atom. The molecule has 0 unspecified atom stereocenters. The van der Waals surface area contributed by atoms with Crippen molar-refractivity contribution in [2.24, 2.45) is 0 Å². The van der Waals surface area contributed by atoms with Crippen molar-refractivity contribution in [1.82, 2.24) is 4.98 Å². The van der Waals surface area contributed by atoms with Gasteiger partial charge in [0, 0.05) is 17.3 Å². The van der Waals surface area contributed by atoms with Crippen molar-refractivity contribution in [3.63, 3.8) is 0 Å². The summed E-state index contributed by atoms with van der Waals surface area (Å²) in [6.45, 7) is 0. The first-order valence-corrected chi connectivity index (χ1v) is 5.16. The lowest BCUT2D eigenvalue weighted by atomic mass is 10.3. The predicted molar refractivity (Wildman–Crippen MR) is 62.7 cm³/mol. The van der Waals surface area contributed by atoms with Gasteiger partial charge >= 0.3 is 5.97 Å². The van der Waals surface area contributed by atoms with Gasteiger partial charge < -0.3 is 9.84 Å². The summed E-state index contributed by atoms with van der Waals surface area (Å²) < 4.78 is 5.46. The second-order valence-electron chi connectivity index (χ2n) is 3.24. The van der Waals surface area contributed by atoms with Gasteiger partial charge in [-0.3, -0.25) is 0 Å². The molecule has 0 amide bonds. The van der Waals surface area contributed by atoms with Gasteiger partial charge in [-0.2, -0.15) is 0 Å². The van der Waals surface area contributed by atoms with Crippen molar-refractivity contribution in [1.29, 1.82) is 0 Å². The minimum absolute atomic E-state index is 0.0588. The second kappa shape index (κ2) is 4.84. The number of rotatable bonds is 3. The van der Waals surface area contributed by atoms with Gasteiger partial charge in [0.2, 0.25) is 0 Å².